The number of nitrogens with two attached hydrogens (primary N) is 1. The van der Waals surface area contributed by atoms with Gasteiger partial charge in [0.2, 0.25) is 11.8 Å². The lowest BCUT2D eigenvalue weighted by Crippen LogP contribution is -2.04. The van der Waals surface area contributed by atoms with Crippen molar-refractivity contribution < 1.29 is 9.47 Å². The molecule has 0 aliphatic rings. The molecule has 0 aliphatic carbocycles. The number of ether oxygens (including phenoxy) is 2. The quantitative estimate of drug-likeness (QED) is 0.799. The lowest BCUT2D eigenvalue weighted by atomic mass is 10.6. The van der Waals surface area contributed by atoms with Crippen molar-refractivity contribution in [2.24, 2.45) is 0 Å². The molecule has 2 aromatic rings. The number of anilines is 1. The van der Waals surface area contributed by atoms with Crippen molar-refractivity contribution in [3.05, 3.63) is 18.5 Å². The molecular weight excluding hydrogens is 210 g/mol. The van der Waals surface area contributed by atoms with Gasteiger partial charge >= 0.3 is 0 Å². The molecule has 0 aromatic carbocycles. The Morgan fingerprint density at radius 3 is 2.25 bits per heavy atom. The van der Waals surface area contributed by atoms with Crippen LogP contribution in [0.15, 0.2) is 18.5 Å². The van der Waals surface area contributed by atoms with Crippen LogP contribution in [-0.2, 0) is 0 Å². The zero-order chi connectivity index (χ0) is 11.5. The highest BCUT2D eigenvalue weighted by Crippen LogP contribution is 2.16. The summed E-state index contributed by atoms with van der Waals surface area (Å²) in [5.41, 5.74) is 6.09. The average Bonchev–Trinajstić information content (AvgIpc) is 2.75. The zero-order valence-corrected chi connectivity index (χ0v) is 8.91. The summed E-state index contributed by atoms with van der Waals surface area (Å²) in [7, 11) is 3.03. The maximum Gasteiger partial charge on any atom is 0.257 e. The highest BCUT2D eigenvalue weighted by Gasteiger charge is 2.07. The molecule has 2 heterocycles. The largest absolute Gasteiger partial charge is 0.481 e. The second-order valence-corrected chi connectivity index (χ2v) is 2.97. The van der Waals surface area contributed by atoms with Gasteiger partial charge in [-0.05, 0) is 0 Å². The van der Waals surface area contributed by atoms with Gasteiger partial charge in [0.25, 0.3) is 5.95 Å². The van der Waals surface area contributed by atoms with Crippen LogP contribution in [0.3, 0.4) is 0 Å². The molecule has 0 aliphatic heterocycles. The molecule has 16 heavy (non-hydrogen) atoms. The lowest BCUT2D eigenvalue weighted by molar-refractivity contribution is 0.370. The van der Waals surface area contributed by atoms with Gasteiger partial charge in [-0.3, -0.25) is 0 Å². The molecule has 7 heteroatoms. The van der Waals surface area contributed by atoms with Gasteiger partial charge in [0.05, 0.1) is 38.4 Å². The average molecular weight is 221 g/mol. The highest BCUT2D eigenvalue weighted by molar-refractivity contribution is 5.34. The van der Waals surface area contributed by atoms with E-state index in [4.69, 9.17) is 15.2 Å². The van der Waals surface area contributed by atoms with Crippen LogP contribution in [0.1, 0.15) is 0 Å². The minimum Gasteiger partial charge on any atom is -0.481 e. The molecule has 2 N–H and O–H groups in total. The van der Waals surface area contributed by atoms with Crippen LogP contribution in [0.2, 0.25) is 0 Å². The molecule has 0 atom stereocenters. The fourth-order valence-electron chi connectivity index (χ4n) is 1.15. The SMILES string of the molecule is COc1cc(OC)nc(-n2cc(N)cn2)n1. The maximum absolute atomic E-state index is 5.56. The monoisotopic (exact) mass is 221 g/mol. The van der Waals surface area contributed by atoms with Gasteiger partial charge in [-0.1, -0.05) is 0 Å². The summed E-state index contributed by atoms with van der Waals surface area (Å²) in [4.78, 5) is 8.23. The Morgan fingerprint density at radius 2 is 1.81 bits per heavy atom. The third-order valence-electron chi connectivity index (χ3n) is 1.89. The third-order valence-corrected chi connectivity index (χ3v) is 1.89. The van der Waals surface area contributed by atoms with Gasteiger partial charge in [0, 0.05) is 0 Å². The lowest BCUT2D eigenvalue weighted by Gasteiger charge is -2.05. The minimum atomic E-state index is 0.341. The number of aromatic nitrogens is 4. The summed E-state index contributed by atoms with van der Waals surface area (Å²) >= 11 is 0. The molecule has 0 saturated carbocycles. The van der Waals surface area contributed by atoms with Crippen molar-refractivity contribution in [3.8, 4) is 17.7 Å². The molecule has 84 valence electrons. The van der Waals surface area contributed by atoms with Gasteiger partial charge in [0.1, 0.15) is 0 Å². The first kappa shape index (κ1) is 10.2. The normalized spacial score (nSPS) is 10.1. The summed E-state index contributed by atoms with van der Waals surface area (Å²) in [5.74, 6) is 1.14. The van der Waals surface area contributed by atoms with E-state index in [1.54, 1.807) is 12.3 Å². The fraction of sp³-hybridized carbons (Fsp3) is 0.222. The molecule has 2 aromatic heterocycles. The van der Waals surface area contributed by atoms with E-state index in [1.165, 1.54) is 25.1 Å². The number of hydrogen-bond acceptors (Lipinski definition) is 6. The standard InChI is InChI=1S/C9H11N5O2/c1-15-7-3-8(16-2)13-9(12-7)14-5-6(10)4-11-14/h3-5H,10H2,1-2H3. The van der Waals surface area contributed by atoms with E-state index >= 15 is 0 Å². The van der Waals surface area contributed by atoms with E-state index in [1.807, 2.05) is 0 Å². The number of nitrogens with zero attached hydrogens (tertiary/aromatic N) is 4. The van der Waals surface area contributed by atoms with E-state index < -0.39 is 0 Å². The van der Waals surface area contributed by atoms with E-state index in [9.17, 15) is 0 Å². The van der Waals surface area contributed by atoms with Gasteiger partial charge in [-0.2, -0.15) is 15.1 Å². The maximum atomic E-state index is 5.56. The van der Waals surface area contributed by atoms with Crippen molar-refractivity contribution in [2.45, 2.75) is 0 Å². The molecular formula is C9H11N5O2. The Hall–Kier alpha value is -2.31. The number of methoxy groups -OCH3 is 2. The Labute approximate surface area is 91.8 Å². The van der Waals surface area contributed by atoms with Crippen molar-refractivity contribution in [2.75, 3.05) is 20.0 Å². The van der Waals surface area contributed by atoms with Crippen LogP contribution < -0.4 is 15.2 Å². The Bertz CT molecular complexity index is 474. The van der Waals surface area contributed by atoms with Crippen molar-refractivity contribution in [1.29, 1.82) is 0 Å². The number of rotatable bonds is 3. The Kier molecular flexibility index (Phi) is 2.59. The summed E-state index contributed by atoms with van der Waals surface area (Å²) < 4.78 is 11.5. The predicted molar refractivity (Wildman–Crippen MR) is 56.7 cm³/mol. The van der Waals surface area contributed by atoms with Gasteiger partial charge < -0.3 is 15.2 Å². The summed E-state index contributed by atoms with van der Waals surface area (Å²) in [6, 6.07) is 1.58. The van der Waals surface area contributed by atoms with Crippen molar-refractivity contribution in [3.63, 3.8) is 0 Å². The van der Waals surface area contributed by atoms with Crippen LogP contribution >= 0.6 is 0 Å². The van der Waals surface area contributed by atoms with Gasteiger partial charge in [-0.15, -0.1) is 0 Å². The second kappa shape index (κ2) is 4.05. The van der Waals surface area contributed by atoms with Crippen molar-refractivity contribution in [1.82, 2.24) is 19.7 Å². The molecule has 0 radical (unpaired) electrons. The van der Waals surface area contributed by atoms with Crippen LogP contribution in [-0.4, -0.2) is 34.0 Å². The zero-order valence-electron chi connectivity index (χ0n) is 8.91. The molecule has 0 bridgehead atoms. The first-order chi connectivity index (χ1) is 7.72. The predicted octanol–water partition coefficient (Wildman–Crippen LogP) is 0.262. The van der Waals surface area contributed by atoms with Crippen LogP contribution in [0.5, 0.6) is 11.8 Å². The Morgan fingerprint density at radius 1 is 1.19 bits per heavy atom. The molecule has 7 nitrogen and oxygen atoms in total. The first-order valence-corrected chi connectivity index (χ1v) is 4.50. The number of nitrogen functional groups attached to an aromatic ring is 1. The number of hydrogen-bond donors (Lipinski definition) is 1. The first-order valence-electron chi connectivity index (χ1n) is 4.50. The van der Waals surface area contributed by atoms with Crippen LogP contribution in [0.25, 0.3) is 5.95 Å². The third kappa shape index (κ3) is 1.88. The highest BCUT2D eigenvalue weighted by atomic mass is 16.5. The molecule has 0 saturated heterocycles. The minimum absolute atomic E-state index is 0.341. The van der Waals surface area contributed by atoms with Crippen LogP contribution in [0.4, 0.5) is 5.69 Å². The molecule has 0 amide bonds. The molecule has 0 fully saturated rings. The van der Waals surface area contributed by atoms with E-state index in [0.29, 0.717) is 23.4 Å². The van der Waals surface area contributed by atoms with Crippen LogP contribution in [0, 0.1) is 0 Å². The van der Waals surface area contributed by atoms with E-state index in [-0.39, 0.29) is 0 Å². The summed E-state index contributed by atoms with van der Waals surface area (Å²) in [6.07, 6.45) is 3.11. The van der Waals surface area contributed by atoms with E-state index in [2.05, 4.69) is 15.1 Å². The topological polar surface area (TPSA) is 88.1 Å². The summed E-state index contributed by atoms with van der Waals surface area (Å²) in [6.45, 7) is 0. The molecule has 0 unspecified atom stereocenters. The fourth-order valence-corrected chi connectivity index (χ4v) is 1.15. The van der Waals surface area contributed by atoms with Crippen molar-refractivity contribution >= 4 is 5.69 Å². The Balaban J connectivity index is 2.47. The van der Waals surface area contributed by atoms with Gasteiger partial charge in [-0.25, -0.2) is 4.68 Å². The van der Waals surface area contributed by atoms with E-state index in [0.717, 1.165) is 0 Å². The molecule has 2 rings (SSSR count). The molecule has 0 spiro atoms. The second-order valence-electron chi connectivity index (χ2n) is 2.97. The van der Waals surface area contributed by atoms with Gasteiger partial charge in [0.15, 0.2) is 0 Å². The summed E-state index contributed by atoms with van der Waals surface area (Å²) in [5, 5.41) is 3.99. The smallest absolute Gasteiger partial charge is 0.257 e.